The normalized spacial score (nSPS) is 10.3. The molecule has 0 amide bonds. The van der Waals surface area contributed by atoms with Crippen molar-refractivity contribution in [3.63, 3.8) is 0 Å². The van der Waals surface area contributed by atoms with E-state index in [4.69, 9.17) is 0 Å². The molecule has 0 spiro atoms. The molecule has 0 fully saturated rings. The van der Waals surface area contributed by atoms with Gasteiger partial charge in [0.1, 0.15) is 0 Å². The van der Waals surface area contributed by atoms with Crippen LogP contribution in [-0.2, 0) is 12.2 Å². The minimum atomic E-state index is -0.285. The lowest BCUT2D eigenvalue weighted by Crippen LogP contribution is -1.96. The van der Waals surface area contributed by atoms with E-state index in [9.17, 15) is 10.1 Å². The van der Waals surface area contributed by atoms with Crippen LogP contribution in [0.2, 0.25) is 0 Å². The fourth-order valence-corrected chi connectivity index (χ4v) is 2.80. The zero-order valence-corrected chi connectivity index (χ0v) is 11.4. The highest BCUT2D eigenvalue weighted by Gasteiger charge is 2.13. The van der Waals surface area contributed by atoms with Crippen molar-refractivity contribution < 1.29 is 4.92 Å². The Labute approximate surface area is 105 Å². The fourth-order valence-electron chi connectivity index (χ4n) is 1.41. The molecule has 0 radical (unpaired) electrons. The van der Waals surface area contributed by atoms with Crippen LogP contribution in [0.15, 0.2) is 18.2 Å². The predicted molar refractivity (Wildman–Crippen MR) is 72.4 cm³/mol. The summed E-state index contributed by atoms with van der Waals surface area (Å²) in [5.41, 5.74) is 2.12. The van der Waals surface area contributed by atoms with Crippen molar-refractivity contribution >= 4 is 35.8 Å². The van der Waals surface area contributed by atoms with Gasteiger partial charge in [-0.2, -0.15) is 0 Å². The highest BCUT2D eigenvalue weighted by atomic mass is 127. The summed E-state index contributed by atoms with van der Waals surface area (Å²) < 4.78 is 0. The molecule has 15 heavy (non-hydrogen) atoms. The standard InChI is InChI=1S/C10H12INO2S/c1-2-3-9-5-4-8(7-15-11)6-10(9)12(13)14/h4-6H,2-3,7H2,1H3. The zero-order chi connectivity index (χ0) is 11.3. The SMILES string of the molecule is CCCc1ccc(CSI)cc1[N+](=O)[O-]. The van der Waals surface area contributed by atoms with Crippen LogP contribution in [0.1, 0.15) is 24.5 Å². The molecule has 5 heteroatoms. The summed E-state index contributed by atoms with van der Waals surface area (Å²) in [4.78, 5) is 10.6. The summed E-state index contributed by atoms with van der Waals surface area (Å²) in [5, 5.41) is 10.8. The largest absolute Gasteiger partial charge is 0.272 e. The van der Waals surface area contributed by atoms with Gasteiger partial charge in [0.15, 0.2) is 0 Å². The predicted octanol–water partition coefficient (Wildman–Crippen LogP) is 4.13. The van der Waals surface area contributed by atoms with Crippen molar-refractivity contribution in [2.75, 3.05) is 0 Å². The van der Waals surface area contributed by atoms with E-state index in [1.165, 1.54) is 0 Å². The second-order valence-electron chi connectivity index (χ2n) is 3.22. The van der Waals surface area contributed by atoms with Gasteiger partial charge in [-0.1, -0.05) is 34.4 Å². The van der Waals surface area contributed by atoms with Crippen molar-refractivity contribution in [1.82, 2.24) is 0 Å². The summed E-state index contributed by atoms with van der Waals surface area (Å²) in [5.74, 6) is 0.813. The first-order valence-electron chi connectivity index (χ1n) is 4.68. The molecule has 82 valence electrons. The van der Waals surface area contributed by atoms with Gasteiger partial charge in [-0.3, -0.25) is 10.1 Å². The Morgan fingerprint density at radius 2 is 2.27 bits per heavy atom. The van der Waals surface area contributed by atoms with Crippen LogP contribution >= 0.6 is 30.1 Å². The maximum Gasteiger partial charge on any atom is 0.272 e. The van der Waals surface area contributed by atoms with Gasteiger partial charge in [0, 0.05) is 17.4 Å². The number of aryl methyl sites for hydroxylation is 1. The van der Waals surface area contributed by atoms with Crippen LogP contribution in [0.4, 0.5) is 5.69 Å². The van der Waals surface area contributed by atoms with Gasteiger partial charge in [0.05, 0.1) is 4.92 Å². The topological polar surface area (TPSA) is 43.1 Å². The maximum absolute atomic E-state index is 10.8. The van der Waals surface area contributed by atoms with Gasteiger partial charge in [-0.25, -0.2) is 0 Å². The number of hydrogen-bond acceptors (Lipinski definition) is 3. The molecule has 0 aliphatic rings. The average molecular weight is 337 g/mol. The molecule has 0 N–H and O–H groups in total. The minimum Gasteiger partial charge on any atom is -0.258 e. The summed E-state index contributed by atoms with van der Waals surface area (Å²) in [6.45, 7) is 2.03. The van der Waals surface area contributed by atoms with Crippen molar-refractivity contribution in [1.29, 1.82) is 0 Å². The summed E-state index contributed by atoms with van der Waals surface area (Å²) in [6, 6.07) is 5.55. The molecule has 0 unspecified atom stereocenters. The van der Waals surface area contributed by atoms with Gasteiger partial charge in [0.2, 0.25) is 0 Å². The maximum atomic E-state index is 10.8. The number of nitro benzene ring substituents is 1. The smallest absolute Gasteiger partial charge is 0.258 e. The molecule has 3 nitrogen and oxygen atoms in total. The molecule has 1 rings (SSSR count). The highest BCUT2D eigenvalue weighted by Crippen LogP contribution is 2.25. The van der Waals surface area contributed by atoms with E-state index >= 15 is 0 Å². The lowest BCUT2D eigenvalue weighted by atomic mass is 10.1. The van der Waals surface area contributed by atoms with Crippen LogP contribution in [0.5, 0.6) is 0 Å². The van der Waals surface area contributed by atoms with Gasteiger partial charge in [-0.15, -0.1) is 0 Å². The molecule has 0 bridgehead atoms. The van der Waals surface area contributed by atoms with E-state index in [2.05, 4.69) is 21.2 Å². The van der Waals surface area contributed by atoms with Gasteiger partial charge in [0.25, 0.3) is 5.69 Å². The number of nitro groups is 1. The van der Waals surface area contributed by atoms with Crippen LogP contribution in [0, 0.1) is 10.1 Å². The van der Waals surface area contributed by atoms with Crippen LogP contribution in [0.3, 0.4) is 0 Å². The number of nitrogens with zero attached hydrogens (tertiary/aromatic N) is 1. The van der Waals surface area contributed by atoms with E-state index in [1.807, 2.05) is 19.1 Å². The first-order valence-corrected chi connectivity index (χ1v) is 8.21. The van der Waals surface area contributed by atoms with Crippen LogP contribution < -0.4 is 0 Å². The molecule has 0 heterocycles. The van der Waals surface area contributed by atoms with E-state index in [0.717, 1.165) is 29.7 Å². The zero-order valence-electron chi connectivity index (χ0n) is 8.40. The van der Waals surface area contributed by atoms with Crippen molar-refractivity contribution in [2.45, 2.75) is 25.5 Å². The van der Waals surface area contributed by atoms with Gasteiger partial charge in [-0.05, 0) is 33.2 Å². The Bertz CT molecular complexity index is 357. The molecule has 0 aliphatic heterocycles. The number of halogens is 1. The van der Waals surface area contributed by atoms with Crippen molar-refractivity contribution in [2.24, 2.45) is 0 Å². The van der Waals surface area contributed by atoms with Crippen molar-refractivity contribution in [3.05, 3.63) is 39.4 Å². The fraction of sp³-hybridized carbons (Fsp3) is 0.400. The third-order valence-electron chi connectivity index (χ3n) is 2.09. The number of hydrogen-bond donors (Lipinski definition) is 0. The third kappa shape index (κ3) is 3.64. The summed E-state index contributed by atoms with van der Waals surface area (Å²) >= 11 is 2.19. The van der Waals surface area contributed by atoms with Crippen molar-refractivity contribution in [3.8, 4) is 0 Å². The van der Waals surface area contributed by atoms with Crippen LogP contribution in [-0.4, -0.2) is 4.92 Å². The Kier molecular flexibility index (Phi) is 5.38. The highest BCUT2D eigenvalue weighted by molar-refractivity contribution is 14.2. The lowest BCUT2D eigenvalue weighted by Gasteiger charge is -2.03. The van der Waals surface area contributed by atoms with E-state index in [1.54, 1.807) is 15.0 Å². The summed E-state index contributed by atoms with van der Waals surface area (Å²) in [7, 11) is 1.64. The average Bonchev–Trinajstić information content (AvgIpc) is 2.21. The third-order valence-corrected chi connectivity index (χ3v) is 3.46. The Morgan fingerprint density at radius 1 is 1.53 bits per heavy atom. The van der Waals surface area contributed by atoms with E-state index in [0.29, 0.717) is 0 Å². The molecule has 0 aliphatic carbocycles. The molecule has 1 aromatic rings. The van der Waals surface area contributed by atoms with E-state index in [-0.39, 0.29) is 10.6 Å². The molecule has 1 aromatic carbocycles. The molecule has 0 aromatic heterocycles. The lowest BCUT2D eigenvalue weighted by molar-refractivity contribution is -0.385. The first-order chi connectivity index (χ1) is 7.19. The quantitative estimate of drug-likeness (QED) is 0.461. The molecular formula is C10H12INO2S. The first kappa shape index (κ1) is 12.8. The molecule has 0 saturated carbocycles. The van der Waals surface area contributed by atoms with Gasteiger partial charge < -0.3 is 0 Å². The number of rotatable bonds is 5. The Balaban J connectivity index is 3.03. The molecular weight excluding hydrogens is 325 g/mol. The van der Waals surface area contributed by atoms with Crippen LogP contribution in [0.25, 0.3) is 0 Å². The minimum absolute atomic E-state index is 0.264. The second-order valence-corrected chi connectivity index (χ2v) is 5.60. The second kappa shape index (κ2) is 6.32. The Morgan fingerprint density at radius 3 is 2.80 bits per heavy atom. The Hall–Kier alpha value is -0.300. The molecule has 0 saturated heterocycles. The monoisotopic (exact) mass is 337 g/mol. The van der Waals surface area contributed by atoms with E-state index < -0.39 is 0 Å². The molecule has 0 atom stereocenters. The van der Waals surface area contributed by atoms with Gasteiger partial charge >= 0.3 is 0 Å². The number of benzene rings is 1. The summed E-state index contributed by atoms with van der Waals surface area (Å²) in [6.07, 6.45) is 1.70.